The number of aromatic nitrogens is 2. The second-order valence-corrected chi connectivity index (χ2v) is 5.94. The van der Waals surface area contributed by atoms with E-state index in [-0.39, 0.29) is 11.8 Å². The van der Waals surface area contributed by atoms with Crippen LogP contribution in [0.4, 0.5) is 5.95 Å². The van der Waals surface area contributed by atoms with Crippen molar-refractivity contribution in [1.29, 1.82) is 0 Å². The summed E-state index contributed by atoms with van der Waals surface area (Å²) in [5.41, 5.74) is 1.53. The van der Waals surface area contributed by atoms with Crippen LogP contribution < -0.4 is 5.32 Å². The van der Waals surface area contributed by atoms with Crippen molar-refractivity contribution < 1.29 is 9.82 Å². The predicted octanol–water partition coefficient (Wildman–Crippen LogP) is 2.71. The van der Waals surface area contributed by atoms with Crippen molar-refractivity contribution in [2.75, 3.05) is 5.32 Å². The minimum absolute atomic E-state index is 0.0142. The summed E-state index contributed by atoms with van der Waals surface area (Å²) in [6.45, 7) is 0. The van der Waals surface area contributed by atoms with E-state index in [1.54, 1.807) is 0 Å². The lowest BCUT2D eigenvalue weighted by Crippen LogP contribution is -2.26. The zero-order valence-corrected chi connectivity index (χ0v) is 12.7. The molecule has 0 spiro atoms. The van der Waals surface area contributed by atoms with Crippen LogP contribution in [0.25, 0.3) is 11.0 Å². The summed E-state index contributed by atoms with van der Waals surface area (Å²) in [4.78, 5) is 16.9. The molecule has 1 fully saturated rings. The fraction of sp³-hybridized carbons (Fsp3) is 0.500. The summed E-state index contributed by atoms with van der Waals surface area (Å²) in [5.74, 6) is 0.448. The molecule has 1 aliphatic carbocycles. The van der Waals surface area contributed by atoms with E-state index in [1.165, 1.54) is 23.7 Å². The maximum absolute atomic E-state index is 12.5. The van der Waals surface area contributed by atoms with Gasteiger partial charge in [0.15, 0.2) is 5.95 Å². The van der Waals surface area contributed by atoms with Gasteiger partial charge in [-0.3, -0.25) is 10.1 Å². The Morgan fingerprint density at radius 1 is 1.18 bits per heavy atom. The van der Waals surface area contributed by atoms with E-state index in [1.807, 2.05) is 24.3 Å². The highest BCUT2D eigenvalue weighted by atomic mass is 16.2. The molecule has 1 saturated carbocycles. The van der Waals surface area contributed by atoms with Crippen LogP contribution in [0.1, 0.15) is 44.9 Å². The molecule has 0 atom stereocenters. The third-order valence-corrected chi connectivity index (χ3v) is 4.42. The van der Waals surface area contributed by atoms with Gasteiger partial charge < -0.3 is 9.50 Å². The molecule has 3 rings (SSSR count). The highest BCUT2D eigenvalue weighted by Crippen LogP contribution is 2.24. The number of benzene rings is 1. The lowest BCUT2D eigenvalue weighted by Gasteiger charge is -2.19. The molecule has 1 heterocycles. The Bertz CT molecular complexity index is 648. The molecule has 115 valence electrons. The number of nitrogens with zero attached hydrogens (tertiary/aromatic N) is 2. The number of rotatable bonds is 3. The van der Waals surface area contributed by atoms with E-state index >= 15 is 0 Å². The number of para-hydroxylation sites is 2. The molecular weight excluding hydrogens is 277 g/mol. The zero-order chi connectivity index (χ0) is 15.4. The van der Waals surface area contributed by atoms with E-state index in [9.17, 15) is 9.82 Å². The topological polar surface area (TPSA) is 67.2 Å². The lowest BCUT2D eigenvalue weighted by atomic mass is 9.90. The normalized spacial score (nSPS) is 17.0. The Morgan fingerprint density at radius 2 is 1.86 bits per heavy atom. The molecule has 0 aliphatic heterocycles. The van der Waals surface area contributed by atoms with Crippen molar-refractivity contribution in [2.24, 2.45) is 5.92 Å². The average Bonchev–Trinajstić information content (AvgIpc) is 2.83. The highest BCUT2D eigenvalue weighted by Gasteiger charge is 2.21. The van der Waals surface area contributed by atoms with Crippen molar-refractivity contribution in [2.45, 2.75) is 44.9 Å². The van der Waals surface area contributed by atoms with Crippen LogP contribution in [-0.2, 0) is 4.79 Å². The third-order valence-electron chi connectivity index (χ3n) is 4.42. The molecule has 0 unspecified atom stereocenters. The molecule has 2 aromatic rings. The van der Waals surface area contributed by atoms with Crippen molar-refractivity contribution in [1.82, 2.24) is 9.46 Å². The number of imidazole rings is 1. The van der Waals surface area contributed by atoms with Gasteiger partial charge in [-0.15, -0.1) is 0 Å². The summed E-state index contributed by atoms with van der Waals surface area (Å²) >= 11 is 0. The second-order valence-electron chi connectivity index (χ2n) is 5.94. The number of carbonyl (C=O) groups excluding carboxylic acids is 1. The number of nitrogens with one attached hydrogen (secondary N) is 1. The first kappa shape index (κ1) is 15.1. The first-order chi connectivity index (χ1) is 10.8. The van der Waals surface area contributed by atoms with Gasteiger partial charge >= 0.3 is 7.62 Å². The average molecular weight is 298 g/mol. The number of hydrogen-bond acceptors (Lipinski definition) is 3. The molecule has 1 radical (unpaired) electrons. The Hall–Kier alpha value is -1.82. The summed E-state index contributed by atoms with van der Waals surface area (Å²) < 4.78 is 1.51. The number of hydrogen-bond donors (Lipinski definition) is 2. The molecule has 0 bridgehead atoms. The van der Waals surface area contributed by atoms with Crippen LogP contribution in [-0.4, -0.2) is 28.0 Å². The van der Waals surface area contributed by atoms with Crippen LogP contribution in [0.5, 0.6) is 0 Å². The Balaban J connectivity index is 1.78. The summed E-state index contributed by atoms with van der Waals surface area (Å²) in [6, 6.07) is 7.49. The van der Waals surface area contributed by atoms with Gasteiger partial charge in [-0.1, -0.05) is 44.2 Å². The third kappa shape index (κ3) is 3.17. The minimum Gasteiger partial charge on any atom is -0.434 e. The van der Waals surface area contributed by atoms with Crippen LogP contribution in [0.2, 0.25) is 0 Å². The fourth-order valence-electron chi connectivity index (χ4n) is 3.18. The van der Waals surface area contributed by atoms with E-state index < -0.39 is 0 Å². The molecule has 6 heteroatoms. The molecule has 1 aromatic heterocycles. The fourth-order valence-corrected chi connectivity index (χ4v) is 3.18. The van der Waals surface area contributed by atoms with E-state index in [0.29, 0.717) is 5.95 Å². The zero-order valence-electron chi connectivity index (χ0n) is 12.7. The molecule has 5 nitrogen and oxygen atoms in total. The number of carbonyl (C=O) groups is 1. The maximum Gasteiger partial charge on any atom is 0.443 e. The standard InChI is InChI=1S/C16H21BN3O2/c21-15(12-8-4-2-1-3-5-9-12)19-16-18-13-10-6-7-11-14(13)20(16)17-22/h6-7,10-12,22H,1-5,8-9H2,(H,18,19,21). The largest absolute Gasteiger partial charge is 0.443 e. The van der Waals surface area contributed by atoms with E-state index in [4.69, 9.17) is 0 Å². The van der Waals surface area contributed by atoms with Crippen molar-refractivity contribution in [3.05, 3.63) is 24.3 Å². The maximum atomic E-state index is 12.5. The van der Waals surface area contributed by atoms with Crippen LogP contribution in [0.3, 0.4) is 0 Å². The lowest BCUT2D eigenvalue weighted by molar-refractivity contribution is -0.120. The summed E-state index contributed by atoms with van der Waals surface area (Å²) in [5, 5.41) is 12.3. The smallest absolute Gasteiger partial charge is 0.434 e. The highest BCUT2D eigenvalue weighted by molar-refractivity contribution is 6.27. The summed E-state index contributed by atoms with van der Waals surface area (Å²) in [7, 11) is 0.947. The Kier molecular flexibility index (Phi) is 4.78. The van der Waals surface area contributed by atoms with Gasteiger partial charge in [0, 0.05) is 5.92 Å². The number of amides is 1. The minimum atomic E-state index is 0.0142. The van der Waals surface area contributed by atoms with Gasteiger partial charge in [0.1, 0.15) is 0 Å². The summed E-state index contributed by atoms with van der Waals surface area (Å²) in [6.07, 6.45) is 7.81. The molecule has 2 N–H and O–H groups in total. The van der Waals surface area contributed by atoms with Gasteiger partial charge in [0.05, 0.1) is 11.0 Å². The van der Waals surface area contributed by atoms with Crippen molar-refractivity contribution >= 4 is 30.5 Å². The molecule has 1 amide bonds. The molecule has 1 aromatic carbocycles. The molecule has 0 saturated heterocycles. The Labute approximate surface area is 131 Å². The molecular formula is C16H21BN3O2. The SMILES string of the molecule is O=C(Nc1nc2ccccc2n1[B]O)C1CCCCCCC1. The van der Waals surface area contributed by atoms with Gasteiger partial charge in [-0.05, 0) is 25.0 Å². The Morgan fingerprint density at radius 3 is 2.59 bits per heavy atom. The van der Waals surface area contributed by atoms with Crippen LogP contribution in [0, 0.1) is 5.92 Å². The quantitative estimate of drug-likeness (QED) is 0.856. The van der Waals surface area contributed by atoms with E-state index in [2.05, 4.69) is 10.3 Å². The van der Waals surface area contributed by atoms with Crippen LogP contribution >= 0.6 is 0 Å². The van der Waals surface area contributed by atoms with Gasteiger partial charge in [-0.2, -0.15) is 0 Å². The van der Waals surface area contributed by atoms with Gasteiger partial charge in [0.25, 0.3) is 0 Å². The molecule has 22 heavy (non-hydrogen) atoms. The first-order valence-corrected chi connectivity index (χ1v) is 8.05. The van der Waals surface area contributed by atoms with Gasteiger partial charge in [-0.25, -0.2) is 4.98 Å². The number of anilines is 1. The van der Waals surface area contributed by atoms with E-state index in [0.717, 1.165) is 44.3 Å². The predicted molar refractivity (Wildman–Crippen MR) is 87.5 cm³/mol. The van der Waals surface area contributed by atoms with Crippen LogP contribution in [0.15, 0.2) is 24.3 Å². The first-order valence-electron chi connectivity index (χ1n) is 8.05. The molecule has 1 aliphatic rings. The van der Waals surface area contributed by atoms with Gasteiger partial charge in [0.2, 0.25) is 5.91 Å². The second kappa shape index (κ2) is 6.96. The van der Waals surface area contributed by atoms with Crippen molar-refractivity contribution in [3.63, 3.8) is 0 Å². The monoisotopic (exact) mass is 298 g/mol. The van der Waals surface area contributed by atoms with Crippen molar-refractivity contribution in [3.8, 4) is 0 Å². The number of fused-ring (bicyclic) bond motifs is 1.